The largest absolute Gasteiger partial charge is 0.309 e. The number of nitrogens with zero attached hydrogens (tertiary/aromatic N) is 3. The van der Waals surface area contributed by atoms with E-state index in [2.05, 4.69) is 21.0 Å². The van der Waals surface area contributed by atoms with Gasteiger partial charge in [0.2, 0.25) is 0 Å². The van der Waals surface area contributed by atoms with Gasteiger partial charge in [-0.05, 0) is 41.4 Å². The first kappa shape index (κ1) is 12.1. The van der Waals surface area contributed by atoms with Gasteiger partial charge in [0.25, 0.3) is 5.56 Å². The van der Waals surface area contributed by atoms with E-state index < -0.39 is 0 Å². The normalized spacial score (nSPS) is 10.9. The smallest absolute Gasteiger partial charge is 0.253 e. The van der Waals surface area contributed by atoms with E-state index in [0.717, 1.165) is 27.1 Å². The van der Waals surface area contributed by atoms with Crippen LogP contribution in [0.1, 0.15) is 11.1 Å². The zero-order valence-electron chi connectivity index (χ0n) is 10.3. The molecule has 0 radical (unpaired) electrons. The Balaban J connectivity index is 2.76. The van der Waals surface area contributed by atoms with E-state index in [-0.39, 0.29) is 5.56 Å². The minimum atomic E-state index is 0.0207. The van der Waals surface area contributed by atoms with Crippen LogP contribution < -0.4 is 5.56 Å². The molecule has 0 spiro atoms. The quantitative estimate of drug-likeness (QED) is 0.809. The number of aryl methyl sites for hydroxylation is 3. The second-order valence-electron chi connectivity index (χ2n) is 4.20. The summed E-state index contributed by atoms with van der Waals surface area (Å²) < 4.78 is 4.28. The number of halogens is 1. The molecule has 0 aliphatic heterocycles. The minimum Gasteiger partial charge on any atom is -0.309 e. The molecule has 0 aromatic carbocycles. The van der Waals surface area contributed by atoms with Crippen molar-refractivity contribution in [2.45, 2.75) is 13.8 Å². The van der Waals surface area contributed by atoms with Gasteiger partial charge < -0.3 is 4.57 Å². The third-order valence-corrected chi connectivity index (χ3v) is 3.59. The Morgan fingerprint density at radius 3 is 2.35 bits per heavy atom. The van der Waals surface area contributed by atoms with E-state index in [9.17, 15) is 4.79 Å². The van der Waals surface area contributed by atoms with E-state index in [4.69, 9.17) is 0 Å². The fourth-order valence-electron chi connectivity index (χ4n) is 2.02. The molecule has 90 valence electrons. The first-order valence-electron chi connectivity index (χ1n) is 5.29. The van der Waals surface area contributed by atoms with Crippen LogP contribution in [0.2, 0.25) is 0 Å². The average molecular weight is 296 g/mol. The monoisotopic (exact) mass is 295 g/mol. The van der Waals surface area contributed by atoms with Crippen molar-refractivity contribution in [3.05, 3.63) is 38.2 Å². The van der Waals surface area contributed by atoms with Crippen LogP contribution in [-0.2, 0) is 14.1 Å². The van der Waals surface area contributed by atoms with Gasteiger partial charge >= 0.3 is 0 Å². The molecule has 2 heterocycles. The summed E-state index contributed by atoms with van der Waals surface area (Å²) in [6.07, 6.45) is 0. The van der Waals surface area contributed by atoms with Gasteiger partial charge in [0.1, 0.15) is 10.3 Å². The van der Waals surface area contributed by atoms with Gasteiger partial charge in [0.15, 0.2) is 0 Å². The highest BCUT2D eigenvalue weighted by Crippen LogP contribution is 2.23. The van der Waals surface area contributed by atoms with Crippen LogP contribution in [0.4, 0.5) is 0 Å². The van der Waals surface area contributed by atoms with E-state index in [1.165, 1.54) is 0 Å². The van der Waals surface area contributed by atoms with E-state index in [1.54, 1.807) is 16.3 Å². The Kier molecular flexibility index (Phi) is 2.95. The summed E-state index contributed by atoms with van der Waals surface area (Å²) >= 11 is 3.41. The molecule has 0 bridgehead atoms. The highest BCUT2D eigenvalue weighted by atomic mass is 79.9. The fraction of sp³-hybridized carbons (Fsp3) is 0.333. The summed E-state index contributed by atoms with van der Waals surface area (Å²) in [5.74, 6) is 0. The SMILES string of the molecule is Cc1cc(C)c(=O)n(C)c1-c1cc(Br)n(C)n1. The first-order chi connectivity index (χ1) is 7.91. The van der Waals surface area contributed by atoms with Crippen LogP contribution in [0.5, 0.6) is 0 Å². The van der Waals surface area contributed by atoms with Gasteiger partial charge in [-0.2, -0.15) is 5.10 Å². The molecule has 2 aromatic rings. The predicted octanol–water partition coefficient (Wildman–Crippen LogP) is 2.17. The maximum absolute atomic E-state index is 11.9. The number of rotatable bonds is 1. The maximum Gasteiger partial charge on any atom is 0.253 e. The lowest BCUT2D eigenvalue weighted by Crippen LogP contribution is -2.21. The van der Waals surface area contributed by atoms with Gasteiger partial charge in [-0.3, -0.25) is 9.48 Å². The van der Waals surface area contributed by atoms with Gasteiger partial charge in [-0.15, -0.1) is 0 Å². The summed E-state index contributed by atoms with van der Waals surface area (Å²) in [5, 5.41) is 4.38. The molecule has 4 nitrogen and oxygen atoms in total. The van der Waals surface area contributed by atoms with Crippen molar-refractivity contribution in [1.82, 2.24) is 14.3 Å². The number of aromatic nitrogens is 3. The predicted molar refractivity (Wildman–Crippen MR) is 71.1 cm³/mol. The molecule has 0 unspecified atom stereocenters. The van der Waals surface area contributed by atoms with Crippen LogP contribution in [0.25, 0.3) is 11.4 Å². The lowest BCUT2D eigenvalue weighted by molar-refractivity contribution is 0.746. The van der Waals surface area contributed by atoms with E-state index in [1.807, 2.05) is 33.0 Å². The number of hydrogen-bond donors (Lipinski definition) is 0. The molecular formula is C12H14BrN3O. The van der Waals surface area contributed by atoms with Gasteiger partial charge in [-0.25, -0.2) is 0 Å². The molecule has 2 rings (SSSR count). The molecule has 2 aromatic heterocycles. The third-order valence-electron chi connectivity index (χ3n) is 2.85. The summed E-state index contributed by atoms with van der Waals surface area (Å²) in [6.45, 7) is 3.82. The van der Waals surface area contributed by atoms with E-state index in [0.29, 0.717) is 0 Å². The summed E-state index contributed by atoms with van der Waals surface area (Å²) in [4.78, 5) is 11.9. The van der Waals surface area contributed by atoms with Crippen molar-refractivity contribution < 1.29 is 0 Å². The van der Waals surface area contributed by atoms with Crippen molar-refractivity contribution in [3.8, 4) is 11.4 Å². The topological polar surface area (TPSA) is 39.8 Å². The van der Waals surface area contributed by atoms with E-state index >= 15 is 0 Å². The number of hydrogen-bond acceptors (Lipinski definition) is 2. The molecule has 0 saturated carbocycles. The molecule has 5 heteroatoms. The Bertz CT molecular complexity index is 620. The Morgan fingerprint density at radius 1 is 1.18 bits per heavy atom. The zero-order valence-corrected chi connectivity index (χ0v) is 11.9. The highest BCUT2D eigenvalue weighted by molar-refractivity contribution is 9.10. The highest BCUT2D eigenvalue weighted by Gasteiger charge is 2.13. The van der Waals surface area contributed by atoms with Crippen LogP contribution >= 0.6 is 15.9 Å². The van der Waals surface area contributed by atoms with Crippen LogP contribution in [-0.4, -0.2) is 14.3 Å². The average Bonchev–Trinajstić information content (AvgIpc) is 2.56. The first-order valence-corrected chi connectivity index (χ1v) is 6.08. The summed E-state index contributed by atoms with van der Waals surface area (Å²) in [5.41, 5.74) is 3.49. The van der Waals surface area contributed by atoms with Crippen molar-refractivity contribution >= 4 is 15.9 Å². The Labute approximate surface area is 108 Å². The van der Waals surface area contributed by atoms with Gasteiger partial charge in [-0.1, -0.05) is 0 Å². The molecular weight excluding hydrogens is 282 g/mol. The molecule has 17 heavy (non-hydrogen) atoms. The molecule has 0 atom stereocenters. The summed E-state index contributed by atoms with van der Waals surface area (Å²) in [6, 6.07) is 3.82. The lowest BCUT2D eigenvalue weighted by Gasteiger charge is -2.10. The molecule has 0 aliphatic carbocycles. The number of pyridine rings is 1. The molecule has 0 aliphatic rings. The second-order valence-corrected chi connectivity index (χ2v) is 5.01. The molecule has 0 N–H and O–H groups in total. The standard InChI is InChI=1S/C12H14BrN3O/c1-7-5-8(2)12(17)15(3)11(7)9-6-10(13)16(4)14-9/h5-6H,1-4H3. The molecule has 0 saturated heterocycles. The van der Waals surface area contributed by atoms with Crippen LogP contribution in [0, 0.1) is 13.8 Å². The summed E-state index contributed by atoms with van der Waals surface area (Å²) in [7, 11) is 3.63. The Hall–Kier alpha value is -1.36. The maximum atomic E-state index is 11.9. The second kappa shape index (κ2) is 4.14. The third kappa shape index (κ3) is 1.95. The Morgan fingerprint density at radius 2 is 1.82 bits per heavy atom. The van der Waals surface area contributed by atoms with Crippen molar-refractivity contribution in [2.75, 3.05) is 0 Å². The van der Waals surface area contributed by atoms with Crippen molar-refractivity contribution in [1.29, 1.82) is 0 Å². The van der Waals surface area contributed by atoms with Crippen molar-refractivity contribution in [2.24, 2.45) is 14.1 Å². The van der Waals surface area contributed by atoms with Crippen LogP contribution in [0.3, 0.4) is 0 Å². The van der Waals surface area contributed by atoms with Crippen LogP contribution in [0.15, 0.2) is 21.5 Å². The lowest BCUT2D eigenvalue weighted by atomic mass is 10.1. The zero-order chi connectivity index (χ0) is 12.7. The van der Waals surface area contributed by atoms with Gasteiger partial charge in [0, 0.05) is 25.7 Å². The fourth-order valence-corrected chi connectivity index (χ4v) is 2.32. The van der Waals surface area contributed by atoms with Crippen molar-refractivity contribution in [3.63, 3.8) is 0 Å². The molecule has 0 amide bonds. The molecule has 0 fully saturated rings. The van der Waals surface area contributed by atoms with Gasteiger partial charge in [0.05, 0.1) is 5.69 Å². The minimum absolute atomic E-state index is 0.0207.